The normalized spacial score (nSPS) is 13.2. The summed E-state index contributed by atoms with van der Waals surface area (Å²) in [6.45, 7) is 1.92. The zero-order valence-electron chi connectivity index (χ0n) is 4.22. The van der Waals surface area contributed by atoms with Crippen molar-refractivity contribution >= 4 is 25.4 Å². The molecule has 2 nitrogen and oxygen atoms in total. The summed E-state index contributed by atoms with van der Waals surface area (Å²) in [4.78, 5) is 8.14. The van der Waals surface area contributed by atoms with Gasteiger partial charge >= 0.3 is 0 Å². The third-order valence-electron chi connectivity index (χ3n) is 0.496. The van der Waals surface area contributed by atoms with Gasteiger partial charge in [0, 0.05) is 0 Å². The van der Waals surface area contributed by atoms with E-state index in [4.69, 9.17) is 4.89 Å². The van der Waals surface area contributed by atoms with Crippen LogP contribution in [-0.2, 0) is 4.57 Å². The first-order chi connectivity index (χ1) is 3.27. The van der Waals surface area contributed by atoms with E-state index >= 15 is 0 Å². The molecular weight excluding hydrogens is 138 g/mol. The molecule has 0 fully saturated rings. The zero-order valence-corrected chi connectivity index (χ0v) is 5.22. The van der Waals surface area contributed by atoms with Gasteiger partial charge in [-0.15, -0.1) is 0 Å². The summed E-state index contributed by atoms with van der Waals surface area (Å²) in [5, 5.41) is 0. The summed E-state index contributed by atoms with van der Waals surface area (Å²) in [7, 11) is -2.33. The molecule has 0 bridgehead atoms. The molecule has 8 heavy (non-hydrogen) atoms. The monoisotopic (exact) mass is 150 g/mol. The van der Waals surface area contributed by atoms with Gasteiger partial charge in [0.25, 0.3) is 0 Å². The van der Waals surface area contributed by atoms with Gasteiger partial charge < -0.3 is 4.89 Å². The summed E-state index contributed by atoms with van der Waals surface area (Å²) in [6, 6.07) is 0. The van der Waals surface area contributed by atoms with E-state index in [1.165, 1.54) is 5.82 Å². The summed E-state index contributed by atoms with van der Waals surface area (Å²) >= 11 is 0. The van der Waals surface area contributed by atoms with E-state index in [-0.39, 0.29) is 17.4 Å². The SMILES string of the molecule is CCC=C[PH](=O)O.[AlH3]. The van der Waals surface area contributed by atoms with Crippen LogP contribution in [0, 0.1) is 0 Å². The fourth-order valence-electron chi connectivity index (χ4n) is 0.219. The molecule has 1 N–H and O–H groups in total. The molecule has 0 rings (SSSR count). The molecule has 1 atom stereocenters. The predicted octanol–water partition coefficient (Wildman–Crippen LogP) is 0.193. The Hall–Kier alpha value is 0.462. The first kappa shape index (κ1) is 11.3. The van der Waals surface area contributed by atoms with Gasteiger partial charge in [-0.1, -0.05) is 13.0 Å². The predicted molar refractivity (Wildman–Crippen MR) is 40.6 cm³/mol. The van der Waals surface area contributed by atoms with Gasteiger partial charge in [0.05, 0.1) is 0 Å². The van der Waals surface area contributed by atoms with Gasteiger partial charge in [0.2, 0.25) is 8.03 Å². The van der Waals surface area contributed by atoms with Crippen molar-refractivity contribution in [2.45, 2.75) is 13.3 Å². The smallest absolute Gasteiger partial charge is 0.210 e. The van der Waals surface area contributed by atoms with Crippen LogP contribution in [0.1, 0.15) is 13.3 Å². The summed E-state index contributed by atoms with van der Waals surface area (Å²) in [5.41, 5.74) is 0. The van der Waals surface area contributed by atoms with Crippen LogP contribution in [0.3, 0.4) is 0 Å². The van der Waals surface area contributed by atoms with Gasteiger partial charge in [0.15, 0.2) is 17.4 Å². The van der Waals surface area contributed by atoms with E-state index in [0.717, 1.165) is 6.42 Å². The minimum Gasteiger partial charge on any atom is -0.344 e. The van der Waals surface area contributed by atoms with Crippen molar-refractivity contribution in [1.82, 2.24) is 0 Å². The van der Waals surface area contributed by atoms with Crippen LogP contribution in [0.2, 0.25) is 0 Å². The molecule has 0 saturated carbocycles. The van der Waals surface area contributed by atoms with E-state index < -0.39 is 8.03 Å². The fourth-order valence-corrected chi connectivity index (χ4v) is 0.656. The van der Waals surface area contributed by atoms with Crippen LogP contribution in [0.15, 0.2) is 11.9 Å². The summed E-state index contributed by atoms with van der Waals surface area (Å²) < 4.78 is 9.86. The fraction of sp³-hybridized carbons (Fsp3) is 0.500. The molecular formula is C4H12AlO2P. The average molecular weight is 150 g/mol. The third-order valence-corrected chi connectivity index (χ3v) is 1.02. The minimum atomic E-state index is -2.33. The molecule has 0 aliphatic carbocycles. The largest absolute Gasteiger partial charge is 0.344 e. The summed E-state index contributed by atoms with van der Waals surface area (Å²) in [6.07, 6.45) is 2.51. The number of rotatable bonds is 2. The molecule has 4 heteroatoms. The Morgan fingerprint density at radius 2 is 2.25 bits per heavy atom. The highest BCUT2D eigenvalue weighted by Crippen LogP contribution is 2.13. The second-order valence-electron chi connectivity index (χ2n) is 1.15. The van der Waals surface area contributed by atoms with E-state index in [2.05, 4.69) is 0 Å². The maximum absolute atomic E-state index is 9.86. The van der Waals surface area contributed by atoms with Crippen molar-refractivity contribution in [3.63, 3.8) is 0 Å². The van der Waals surface area contributed by atoms with Gasteiger partial charge in [-0.25, -0.2) is 0 Å². The quantitative estimate of drug-likeness (QED) is 0.450. The van der Waals surface area contributed by atoms with Crippen molar-refractivity contribution in [3.8, 4) is 0 Å². The highest BCUT2D eigenvalue weighted by molar-refractivity contribution is 7.41. The van der Waals surface area contributed by atoms with E-state index in [0.29, 0.717) is 0 Å². The molecule has 0 heterocycles. The van der Waals surface area contributed by atoms with E-state index in [1.807, 2.05) is 6.92 Å². The highest BCUT2D eigenvalue weighted by Gasteiger charge is 1.74. The van der Waals surface area contributed by atoms with Crippen LogP contribution in [0.5, 0.6) is 0 Å². The lowest BCUT2D eigenvalue weighted by atomic mass is 10.5. The Bertz CT molecular complexity index is 92.0. The van der Waals surface area contributed by atoms with Crippen LogP contribution >= 0.6 is 8.03 Å². The van der Waals surface area contributed by atoms with Crippen molar-refractivity contribution in [2.75, 3.05) is 0 Å². The molecule has 0 radical (unpaired) electrons. The molecule has 0 aromatic rings. The van der Waals surface area contributed by atoms with Crippen molar-refractivity contribution in [3.05, 3.63) is 11.9 Å². The molecule has 0 aliphatic rings. The molecule has 0 aromatic heterocycles. The summed E-state index contributed by atoms with van der Waals surface area (Å²) in [5.74, 6) is 1.32. The van der Waals surface area contributed by atoms with Crippen molar-refractivity contribution < 1.29 is 9.46 Å². The Morgan fingerprint density at radius 3 is 2.38 bits per heavy atom. The Balaban J connectivity index is 0. The van der Waals surface area contributed by atoms with Crippen molar-refractivity contribution in [1.29, 1.82) is 0 Å². The second-order valence-corrected chi connectivity index (χ2v) is 2.16. The van der Waals surface area contributed by atoms with Crippen LogP contribution in [0.4, 0.5) is 0 Å². The van der Waals surface area contributed by atoms with Gasteiger partial charge in [-0.3, -0.25) is 4.57 Å². The lowest BCUT2D eigenvalue weighted by molar-refractivity contribution is 0.512. The maximum atomic E-state index is 9.86. The molecule has 0 aromatic carbocycles. The minimum absolute atomic E-state index is 0. The van der Waals surface area contributed by atoms with Crippen LogP contribution in [-0.4, -0.2) is 22.3 Å². The molecule has 1 unspecified atom stereocenters. The first-order valence-electron chi connectivity index (χ1n) is 2.17. The van der Waals surface area contributed by atoms with Crippen LogP contribution in [0.25, 0.3) is 0 Å². The van der Waals surface area contributed by atoms with Crippen molar-refractivity contribution in [2.24, 2.45) is 0 Å². The zero-order chi connectivity index (χ0) is 5.70. The number of hydrogen-bond donors (Lipinski definition) is 1. The Labute approximate surface area is 60.6 Å². The first-order valence-corrected chi connectivity index (χ1v) is 3.60. The van der Waals surface area contributed by atoms with Crippen LogP contribution < -0.4 is 0 Å². The average Bonchev–Trinajstić information content (AvgIpc) is 1.61. The molecule has 48 valence electrons. The highest BCUT2D eigenvalue weighted by atomic mass is 31.1. The van der Waals surface area contributed by atoms with E-state index in [9.17, 15) is 4.57 Å². The second kappa shape index (κ2) is 7.46. The maximum Gasteiger partial charge on any atom is 0.210 e. The molecule has 0 spiro atoms. The van der Waals surface area contributed by atoms with E-state index in [1.54, 1.807) is 6.08 Å². The lowest BCUT2D eigenvalue weighted by Crippen LogP contribution is -1.48. The molecule has 0 amide bonds. The number of hydrogen-bond acceptors (Lipinski definition) is 1. The standard InChI is InChI=1S/C4H9O2P.Al.3H/c1-2-3-4-7(5)6;;;;/h3-4,7H,2H2,1H3,(H,5,6);;;;. The van der Waals surface area contributed by atoms with Gasteiger partial charge in [-0.05, 0) is 12.2 Å². The Morgan fingerprint density at radius 1 is 1.75 bits per heavy atom. The molecule has 0 aliphatic heterocycles. The lowest BCUT2D eigenvalue weighted by Gasteiger charge is -1.75. The van der Waals surface area contributed by atoms with Gasteiger partial charge in [0.1, 0.15) is 0 Å². The number of allylic oxidation sites excluding steroid dienone is 1. The molecule has 0 saturated heterocycles. The topological polar surface area (TPSA) is 37.3 Å². The Kier molecular flexibility index (Phi) is 10.5. The third kappa shape index (κ3) is 9.68. The van der Waals surface area contributed by atoms with Gasteiger partial charge in [-0.2, -0.15) is 0 Å².